The van der Waals surface area contributed by atoms with Gasteiger partial charge in [-0.1, -0.05) is 6.92 Å². The van der Waals surface area contributed by atoms with Crippen LogP contribution in [0, 0.1) is 0 Å². The van der Waals surface area contributed by atoms with Crippen LogP contribution in [0.25, 0.3) is 11.2 Å². The Morgan fingerprint density at radius 2 is 1.95 bits per heavy atom. The molecule has 0 aliphatic heterocycles. The molecular weight excluding hydrogens is 280 g/mol. The van der Waals surface area contributed by atoms with E-state index in [0.29, 0.717) is 23.5 Å². The minimum absolute atomic E-state index is 0.0276. The molecule has 0 aliphatic carbocycles. The van der Waals surface area contributed by atoms with E-state index in [2.05, 4.69) is 4.98 Å². The van der Waals surface area contributed by atoms with Crippen molar-refractivity contribution < 1.29 is 0 Å². The highest BCUT2D eigenvalue weighted by Gasteiger charge is 2.21. The van der Waals surface area contributed by atoms with Crippen molar-refractivity contribution in [1.82, 2.24) is 18.7 Å². The van der Waals surface area contributed by atoms with Gasteiger partial charge in [-0.25, -0.2) is 9.78 Å². The Balaban J connectivity index is 3.04. The number of hydrogen-bond donors (Lipinski definition) is 0. The summed E-state index contributed by atoms with van der Waals surface area (Å²) >= 11 is 5.90. The van der Waals surface area contributed by atoms with Crippen LogP contribution in [0.2, 0.25) is 0 Å². The lowest BCUT2D eigenvalue weighted by atomic mass is 10.2. The van der Waals surface area contributed by atoms with E-state index in [-0.39, 0.29) is 23.2 Å². The number of alkyl halides is 1. The molecule has 2 rings (SSSR count). The lowest BCUT2D eigenvalue weighted by Gasteiger charge is -2.14. The standard InChI is InChI=1S/C13H19ClN4O2/c1-5-8(3)18-11-10(12(19)16(4)13(18)20)17(6-2)9(7-14)15-11/h8H,5-7H2,1-4H3. The molecule has 20 heavy (non-hydrogen) atoms. The second kappa shape index (κ2) is 5.44. The second-order valence-corrected chi connectivity index (χ2v) is 5.12. The van der Waals surface area contributed by atoms with E-state index < -0.39 is 0 Å². The fourth-order valence-corrected chi connectivity index (χ4v) is 2.59. The van der Waals surface area contributed by atoms with Crippen LogP contribution in [0.5, 0.6) is 0 Å². The third-order valence-corrected chi connectivity index (χ3v) is 3.96. The molecule has 2 heterocycles. The van der Waals surface area contributed by atoms with Gasteiger partial charge < -0.3 is 4.57 Å². The SMILES string of the molecule is CCC(C)n1c(=O)n(C)c(=O)c2c1nc(CCl)n2CC. The van der Waals surface area contributed by atoms with Gasteiger partial charge in [-0.3, -0.25) is 13.9 Å². The molecule has 0 radical (unpaired) electrons. The van der Waals surface area contributed by atoms with Gasteiger partial charge in [-0.2, -0.15) is 0 Å². The Labute approximate surface area is 121 Å². The zero-order valence-electron chi connectivity index (χ0n) is 12.2. The van der Waals surface area contributed by atoms with Crippen LogP contribution in [0.15, 0.2) is 9.59 Å². The predicted molar refractivity (Wildman–Crippen MR) is 79.5 cm³/mol. The van der Waals surface area contributed by atoms with Crippen LogP contribution in [0.3, 0.4) is 0 Å². The fourth-order valence-electron chi connectivity index (χ4n) is 2.38. The largest absolute Gasteiger partial charge is 0.332 e. The Kier molecular flexibility index (Phi) is 4.04. The van der Waals surface area contributed by atoms with Gasteiger partial charge in [0.2, 0.25) is 0 Å². The molecule has 1 atom stereocenters. The summed E-state index contributed by atoms with van der Waals surface area (Å²) in [6.45, 7) is 6.45. The summed E-state index contributed by atoms with van der Waals surface area (Å²) in [7, 11) is 1.50. The van der Waals surface area contributed by atoms with Crippen LogP contribution in [0.1, 0.15) is 39.1 Å². The summed E-state index contributed by atoms with van der Waals surface area (Å²) in [4.78, 5) is 29.1. The quantitative estimate of drug-likeness (QED) is 0.806. The van der Waals surface area contributed by atoms with E-state index in [1.165, 1.54) is 7.05 Å². The molecule has 110 valence electrons. The third-order valence-electron chi connectivity index (χ3n) is 3.72. The maximum atomic E-state index is 12.4. The molecule has 0 spiro atoms. The number of imidazole rings is 1. The molecule has 0 bridgehead atoms. The van der Waals surface area contributed by atoms with Gasteiger partial charge in [-0.15, -0.1) is 11.6 Å². The van der Waals surface area contributed by atoms with Gasteiger partial charge in [0.15, 0.2) is 11.2 Å². The molecule has 0 aliphatic rings. The second-order valence-electron chi connectivity index (χ2n) is 4.85. The Morgan fingerprint density at radius 1 is 1.30 bits per heavy atom. The molecule has 1 unspecified atom stereocenters. The van der Waals surface area contributed by atoms with E-state index in [1.807, 2.05) is 20.8 Å². The van der Waals surface area contributed by atoms with Crippen LogP contribution in [-0.2, 0) is 19.5 Å². The van der Waals surface area contributed by atoms with Crippen LogP contribution < -0.4 is 11.2 Å². The predicted octanol–water partition coefficient (Wildman–Crippen LogP) is 1.63. The van der Waals surface area contributed by atoms with Crippen molar-refractivity contribution in [2.75, 3.05) is 0 Å². The monoisotopic (exact) mass is 298 g/mol. The number of hydrogen-bond acceptors (Lipinski definition) is 3. The number of nitrogens with zero attached hydrogens (tertiary/aromatic N) is 4. The van der Waals surface area contributed by atoms with Crippen LogP contribution >= 0.6 is 11.6 Å². The summed E-state index contributed by atoms with van der Waals surface area (Å²) in [5.41, 5.74) is 0.226. The molecule has 6 nitrogen and oxygen atoms in total. The molecular formula is C13H19ClN4O2. The number of aromatic nitrogens is 4. The lowest BCUT2D eigenvalue weighted by Crippen LogP contribution is -2.39. The van der Waals surface area contributed by atoms with Crippen molar-refractivity contribution in [3.63, 3.8) is 0 Å². The Morgan fingerprint density at radius 3 is 2.45 bits per heavy atom. The van der Waals surface area contributed by atoms with E-state index >= 15 is 0 Å². The summed E-state index contributed by atoms with van der Waals surface area (Å²) in [5.74, 6) is 0.823. The topological polar surface area (TPSA) is 61.8 Å². The fraction of sp³-hybridized carbons (Fsp3) is 0.615. The first-order chi connectivity index (χ1) is 9.47. The molecule has 7 heteroatoms. The molecule has 0 aromatic carbocycles. The Hall–Kier alpha value is -1.56. The molecule has 0 saturated carbocycles. The van der Waals surface area contributed by atoms with E-state index in [0.717, 1.165) is 11.0 Å². The van der Waals surface area contributed by atoms with Gasteiger partial charge in [0, 0.05) is 19.6 Å². The zero-order chi connectivity index (χ0) is 15.0. The molecule has 2 aromatic heterocycles. The molecule has 0 fully saturated rings. The van der Waals surface area contributed by atoms with Gasteiger partial charge in [0.25, 0.3) is 5.56 Å². The highest BCUT2D eigenvalue weighted by molar-refractivity contribution is 6.16. The first kappa shape index (κ1) is 14.8. The van der Waals surface area contributed by atoms with Crippen molar-refractivity contribution in [2.24, 2.45) is 7.05 Å². The average Bonchev–Trinajstić information content (AvgIpc) is 2.82. The maximum Gasteiger partial charge on any atom is 0.332 e. The molecule has 0 saturated heterocycles. The first-order valence-corrected chi connectivity index (χ1v) is 7.27. The van der Waals surface area contributed by atoms with Gasteiger partial charge >= 0.3 is 5.69 Å². The average molecular weight is 299 g/mol. The van der Waals surface area contributed by atoms with Gasteiger partial charge in [-0.05, 0) is 20.3 Å². The van der Waals surface area contributed by atoms with Gasteiger partial charge in [0.05, 0.1) is 5.88 Å². The molecule has 2 aromatic rings. The van der Waals surface area contributed by atoms with Crippen LogP contribution in [-0.4, -0.2) is 18.7 Å². The van der Waals surface area contributed by atoms with E-state index in [9.17, 15) is 9.59 Å². The van der Waals surface area contributed by atoms with E-state index in [4.69, 9.17) is 11.6 Å². The first-order valence-electron chi connectivity index (χ1n) is 6.74. The smallest absolute Gasteiger partial charge is 0.321 e. The van der Waals surface area contributed by atoms with Crippen LogP contribution in [0.4, 0.5) is 0 Å². The van der Waals surface area contributed by atoms with Crippen molar-refractivity contribution >= 4 is 22.8 Å². The summed E-state index contributed by atoms with van der Waals surface area (Å²) < 4.78 is 4.50. The number of fused-ring (bicyclic) bond motifs is 1. The van der Waals surface area contributed by atoms with Crippen molar-refractivity contribution in [1.29, 1.82) is 0 Å². The van der Waals surface area contributed by atoms with Gasteiger partial charge in [0.1, 0.15) is 5.82 Å². The normalized spacial score (nSPS) is 13.1. The van der Waals surface area contributed by atoms with Crippen molar-refractivity contribution in [3.05, 3.63) is 26.7 Å². The highest BCUT2D eigenvalue weighted by atomic mass is 35.5. The summed E-state index contributed by atoms with van der Waals surface area (Å²) in [5, 5.41) is 0. The number of rotatable bonds is 4. The third kappa shape index (κ3) is 1.98. The van der Waals surface area contributed by atoms with E-state index in [1.54, 1.807) is 9.13 Å². The number of aryl methyl sites for hydroxylation is 1. The van der Waals surface area contributed by atoms with Crippen molar-refractivity contribution in [3.8, 4) is 0 Å². The van der Waals surface area contributed by atoms with Crippen molar-refractivity contribution in [2.45, 2.75) is 45.7 Å². The maximum absolute atomic E-state index is 12.4. The molecule has 0 amide bonds. The minimum atomic E-state index is -0.335. The lowest BCUT2D eigenvalue weighted by molar-refractivity contribution is 0.499. The number of halogens is 1. The summed E-state index contributed by atoms with van der Waals surface area (Å²) in [6, 6.07) is -0.0276. The molecule has 0 N–H and O–H groups in total. The minimum Gasteiger partial charge on any atom is -0.321 e. The zero-order valence-corrected chi connectivity index (χ0v) is 12.9. The Bertz CT molecular complexity index is 756. The summed E-state index contributed by atoms with van der Waals surface area (Å²) in [6.07, 6.45) is 0.780. The highest BCUT2D eigenvalue weighted by Crippen LogP contribution is 2.17.